The van der Waals surface area contributed by atoms with Gasteiger partial charge in [0.15, 0.2) is 5.13 Å². The summed E-state index contributed by atoms with van der Waals surface area (Å²) in [6.45, 7) is 2.78. The number of rotatable bonds is 3. The quantitative estimate of drug-likeness (QED) is 0.903. The van der Waals surface area contributed by atoms with Crippen molar-refractivity contribution in [2.75, 3.05) is 31.1 Å². The van der Waals surface area contributed by atoms with Crippen LogP contribution >= 0.6 is 11.3 Å². The topological polar surface area (TPSA) is 48.5 Å². The van der Waals surface area contributed by atoms with E-state index in [4.69, 9.17) is 0 Å². The Kier molecular flexibility index (Phi) is 5.12. The second-order valence-corrected chi connectivity index (χ2v) is 6.52. The van der Waals surface area contributed by atoms with Crippen molar-refractivity contribution in [3.8, 4) is 0 Å². The van der Waals surface area contributed by atoms with Gasteiger partial charge in [0, 0.05) is 44.3 Å². The first kappa shape index (κ1) is 17.5. The van der Waals surface area contributed by atoms with Crippen molar-refractivity contribution >= 4 is 22.5 Å². The summed E-state index contributed by atoms with van der Waals surface area (Å²) < 4.78 is 37.6. The Morgan fingerprint density at radius 3 is 2.40 bits per heavy atom. The van der Waals surface area contributed by atoms with E-state index in [9.17, 15) is 18.0 Å². The van der Waals surface area contributed by atoms with E-state index in [1.165, 1.54) is 12.1 Å². The summed E-state index contributed by atoms with van der Waals surface area (Å²) >= 11 is 1.57. The zero-order chi connectivity index (χ0) is 17.9. The lowest BCUT2D eigenvalue weighted by atomic mass is 10.1. The van der Waals surface area contributed by atoms with Gasteiger partial charge in [-0.25, -0.2) is 9.78 Å². The highest BCUT2D eigenvalue weighted by molar-refractivity contribution is 7.13. The van der Waals surface area contributed by atoms with Gasteiger partial charge >= 0.3 is 12.2 Å². The van der Waals surface area contributed by atoms with E-state index in [1.807, 2.05) is 5.38 Å². The van der Waals surface area contributed by atoms with Gasteiger partial charge in [-0.15, -0.1) is 11.3 Å². The Morgan fingerprint density at radius 2 is 1.84 bits per heavy atom. The van der Waals surface area contributed by atoms with Crippen LogP contribution in [0.5, 0.6) is 0 Å². The van der Waals surface area contributed by atoms with E-state index in [-0.39, 0.29) is 12.6 Å². The monoisotopic (exact) mass is 370 g/mol. The van der Waals surface area contributed by atoms with Crippen molar-refractivity contribution in [1.29, 1.82) is 0 Å². The van der Waals surface area contributed by atoms with E-state index >= 15 is 0 Å². The number of carbonyl (C=O) groups is 1. The number of thiazole rings is 1. The lowest BCUT2D eigenvalue weighted by molar-refractivity contribution is -0.137. The Morgan fingerprint density at radius 1 is 1.16 bits per heavy atom. The minimum atomic E-state index is -4.35. The summed E-state index contributed by atoms with van der Waals surface area (Å²) in [7, 11) is 0. The summed E-state index contributed by atoms with van der Waals surface area (Å²) in [4.78, 5) is 20.3. The zero-order valence-corrected chi connectivity index (χ0v) is 14.1. The number of hydrogen-bond acceptors (Lipinski definition) is 4. The van der Waals surface area contributed by atoms with Crippen LogP contribution < -0.4 is 10.2 Å². The summed E-state index contributed by atoms with van der Waals surface area (Å²) in [5, 5.41) is 5.61. The number of anilines is 1. The molecule has 1 aromatic heterocycles. The number of halogens is 3. The second-order valence-electron chi connectivity index (χ2n) is 5.64. The minimum absolute atomic E-state index is 0.198. The normalized spacial score (nSPS) is 15.3. The summed E-state index contributed by atoms with van der Waals surface area (Å²) in [5.74, 6) is 0. The highest BCUT2D eigenvalue weighted by Crippen LogP contribution is 2.29. The molecule has 0 spiro atoms. The molecule has 1 aromatic carbocycles. The Hall–Kier alpha value is -2.29. The van der Waals surface area contributed by atoms with Gasteiger partial charge in [-0.05, 0) is 17.7 Å². The molecule has 1 fully saturated rings. The van der Waals surface area contributed by atoms with Crippen molar-refractivity contribution < 1.29 is 18.0 Å². The molecule has 0 bridgehead atoms. The van der Waals surface area contributed by atoms with Crippen molar-refractivity contribution in [3.63, 3.8) is 0 Å². The van der Waals surface area contributed by atoms with Crippen LogP contribution in [0.2, 0.25) is 0 Å². The SMILES string of the molecule is O=C(NCc1ccc(C(F)(F)F)cc1)N1CCN(c2nccs2)CC1. The van der Waals surface area contributed by atoms with Gasteiger partial charge in [-0.1, -0.05) is 12.1 Å². The number of piperazine rings is 1. The summed E-state index contributed by atoms with van der Waals surface area (Å²) in [6, 6.07) is 4.59. The van der Waals surface area contributed by atoms with Crippen molar-refractivity contribution in [2.45, 2.75) is 12.7 Å². The standard InChI is InChI=1S/C16H17F3N4OS/c17-16(18,19)13-3-1-12(2-4-13)11-21-14(24)22-6-8-23(9-7-22)15-20-5-10-25-15/h1-5,10H,6-9,11H2,(H,21,24). The molecule has 3 rings (SSSR count). The molecular formula is C16H17F3N4OS. The molecule has 2 heterocycles. The number of benzene rings is 1. The Balaban J connectivity index is 1.47. The largest absolute Gasteiger partial charge is 0.416 e. The number of urea groups is 1. The average Bonchev–Trinajstić information content (AvgIpc) is 3.14. The molecule has 0 aliphatic carbocycles. The fraction of sp³-hybridized carbons (Fsp3) is 0.375. The van der Waals surface area contributed by atoms with Gasteiger partial charge < -0.3 is 15.1 Å². The number of nitrogens with zero attached hydrogens (tertiary/aromatic N) is 3. The van der Waals surface area contributed by atoms with Crippen LogP contribution in [0.1, 0.15) is 11.1 Å². The van der Waals surface area contributed by atoms with E-state index in [0.29, 0.717) is 31.7 Å². The average molecular weight is 370 g/mol. The molecule has 1 aliphatic rings. The fourth-order valence-corrected chi connectivity index (χ4v) is 3.27. The van der Waals surface area contributed by atoms with Crippen LogP contribution in [-0.2, 0) is 12.7 Å². The molecule has 25 heavy (non-hydrogen) atoms. The maximum absolute atomic E-state index is 12.5. The highest BCUT2D eigenvalue weighted by Gasteiger charge is 2.30. The first-order valence-electron chi connectivity index (χ1n) is 7.77. The van der Waals surface area contributed by atoms with Crippen LogP contribution in [0.25, 0.3) is 0 Å². The zero-order valence-electron chi connectivity index (χ0n) is 13.3. The third kappa shape index (κ3) is 4.41. The highest BCUT2D eigenvalue weighted by atomic mass is 32.1. The van der Waals surface area contributed by atoms with Gasteiger partial charge in [-0.3, -0.25) is 0 Å². The number of aromatic nitrogens is 1. The molecule has 0 radical (unpaired) electrons. The number of nitrogens with one attached hydrogen (secondary N) is 1. The van der Waals surface area contributed by atoms with Crippen molar-refractivity contribution in [1.82, 2.24) is 15.2 Å². The molecule has 134 valence electrons. The van der Waals surface area contributed by atoms with Crippen LogP contribution in [0, 0.1) is 0 Å². The molecule has 1 saturated heterocycles. The molecule has 0 atom stereocenters. The van der Waals surface area contributed by atoms with E-state index in [2.05, 4.69) is 15.2 Å². The lowest BCUT2D eigenvalue weighted by Crippen LogP contribution is -2.51. The Bertz CT molecular complexity index is 695. The van der Waals surface area contributed by atoms with Crippen LogP contribution in [0.15, 0.2) is 35.8 Å². The maximum atomic E-state index is 12.5. The van der Waals surface area contributed by atoms with Gasteiger partial charge in [0.25, 0.3) is 0 Å². The van der Waals surface area contributed by atoms with Gasteiger partial charge in [-0.2, -0.15) is 13.2 Å². The molecule has 2 aromatic rings. The maximum Gasteiger partial charge on any atom is 0.416 e. The summed E-state index contributed by atoms with van der Waals surface area (Å²) in [6.07, 6.45) is -2.60. The molecular weight excluding hydrogens is 353 g/mol. The number of carbonyl (C=O) groups excluding carboxylic acids is 1. The smallest absolute Gasteiger partial charge is 0.345 e. The third-order valence-electron chi connectivity index (χ3n) is 3.98. The molecule has 9 heteroatoms. The first-order valence-corrected chi connectivity index (χ1v) is 8.65. The van der Waals surface area contributed by atoms with Gasteiger partial charge in [0.2, 0.25) is 0 Å². The van der Waals surface area contributed by atoms with Crippen LogP contribution in [0.4, 0.5) is 23.1 Å². The Labute approximate surface area is 147 Å². The van der Waals surface area contributed by atoms with E-state index in [1.54, 1.807) is 22.4 Å². The van der Waals surface area contributed by atoms with Crippen LogP contribution in [-0.4, -0.2) is 42.1 Å². The lowest BCUT2D eigenvalue weighted by Gasteiger charge is -2.34. The summed E-state index contributed by atoms with van der Waals surface area (Å²) in [5.41, 5.74) is -0.0661. The second kappa shape index (κ2) is 7.30. The van der Waals surface area contributed by atoms with Gasteiger partial charge in [0.1, 0.15) is 0 Å². The fourth-order valence-electron chi connectivity index (χ4n) is 2.57. The molecule has 0 unspecified atom stereocenters. The van der Waals surface area contributed by atoms with E-state index < -0.39 is 11.7 Å². The predicted octanol–water partition coefficient (Wildman–Crippen LogP) is 3.19. The van der Waals surface area contributed by atoms with E-state index in [0.717, 1.165) is 17.3 Å². The number of alkyl halides is 3. The molecule has 2 amide bonds. The molecule has 1 N–H and O–H groups in total. The van der Waals surface area contributed by atoms with Crippen LogP contribution in [0.3, 0.4) is 0 Å². The number of hydrogen-bond donors (Lipinski definition) is 1. The third-order valence-corrected chi connectivity index (χ3v) is 4.81. The van der Waals surface area contributed by atoms with Gasteiger partial charge in [0.05, 0.1) is 5.56 Å². The predicted molar refractivity (Wildman–Crippen MR) is 89.6 cm³/mol. The molecule has 0 saturated carbocycles. The van der Waals surface area contributed by atoms with Crippen molar-refractivity contribution in [2.24, 2.45) is 0 Å². The molecule has 5 nitrogen and oxygen atoms in total. The minimum Gasteiger partial charge on any atom is -0.345 e. The first-order chi connectivity index (χ1) is 11.9. The number of amides is 2. The van der Waals surface area contributed by atoms with Crippen molar-refractivity contribution in [3.05, 3.63) is 47.0 Å². The molecule has 1 aliphatic heterocycles.